The molecule has 0 aromatic rings. The second kappa shape index (κ2) is 6.20. The van der Waals surface area contributed by atoms with Crippen molar-refractivity contribution in [3.8, 4) is 0 Å². The Morgan fingerprint density at radius 3 is 2.59 bits per heavy atom. The molecule has 7 nitrogen and oxygen atoms in total. The van der Waals surface area contributed by atoms with Crippen molar-refractivity contribution in [2.45, 2.75) is 36.7 Å². The Balaban J connectivity index is 1.20. The minimum atomic E-state index is -0.988. The van der Waals surface area contributed by atoms with Crippen LogP contribution in [0.2, 0.25) is 0 Å². The van der Waals surface area contributed by atoms with Gasteiger partial charge < -0.3 is 19.6 Å². The molecular weight excluding hydrogens is 366 g/mol. The fourth-order valence-electron chi connectivity index (χ4n) is 5.22. The van der Waals surface area contributed by atoms with Crippen LogP contribution in [0.1, 0.15) is 19.8 Å². The van der Waals surface area contributed by atoms with Crippen molar-refractivity contribution in [1.82, 2.24) is 14.7 Å². The zero-order valence-corrected chi connectivity index (χ0v) is 16.7. The number of thioether (sulfide) groups is 1. The number of hydrogen-bond acceptors (Lipinski definition) is 6. The zero-order chi connectivity index (χ0) is 18.9. The van der Waals surface area contributed by atoms with Gasteiger partial charge >= 0.3 is 5.97 Å². The van der Waals surface area contributed by atoms with Gasteiger partial charge in [0.2, 0.25) is 0 Å². The van der Waals surface area contributed by atoms with E-state index in [2.05, 4.69) is 16.8 Å². The molecule has 1 N–H and O–H groups in total. The lowest BCUT2D eigenvalue weighted by Gasteiger charge is -2.43. The summed E-state index contributed by atoms with van der Waals surface area (Å²) in [4.78, 5) is 31.5. The third kappa shape index (κ3) is 2.68. The summed E-state index contributed by atoms with van der Waals surface area (Å²) in [5.74, 6) is -0.315. The van der Waals surface area contributed by atoms with E-state index in [0.717, 1.165) is 30.5 Å². The maximum atomic E-state index is 12.4. The number of nitrogens with zero attached hydrogens (tertiary/aromatic N) is 3. The lowest BCUT2D eigenvalue weighted by Crippen LogP contribution is -2.67. The summed E-state index contributed by atoms with van der Waals surface area (Å²) in [6, 6.07) is -0.117. The molecular formula is C19H27N3O4S. The Morgan fingerprint density at radius 1 is 1.33 bits per heavy atom. The molecule has 5 heterocycles. The average Bonchev–Trinajstić information content (AvgIpc) is 3.37. The van der Waals surface area contributed by atoms with E-state index in [0.29, 0.717) is 11.9 Å². The molecule has 1 amide bonds. The van der Waals surface area contributed by atoms with E-state index in [4.69, 9.17) is 4.74 Å². The van der Waals surface area contributed by atoms with Crippen molar-refractivity contribution < 1.29 is 19.4 Å². The largest absolute Gasteiger partial charge is 0.477 e. The molecule has 8 heteroatoms. The number of ether oxygens (including phenoxy) is 1. The molecule has 0 aromatic carbocycles. The number of aliphatic carboxylic acids is 1. The Morgan fingerprint density at radius 2 is 2.00 bits per heavy atom. The smallest absolute Gasteiger partial charge is 0.353 e. The Hall–Kier alpha value is -1.09. The number of rotatable bonds is 5. The summed E-state index contributed by atoms with van der Waals surface area (Å²) in [6.45, 7) is 8.06. The maximum Gasteiger partial charge on any atom is 0.353 e. The third-order valence-electron chi connectivity index (χ3n) is 6.93. The normalized spacial score (nSPS) is 37.6. The topological polar surface area (TPSA) is 76.6 Å². The number of carbonyl (C=O) groups excluding carboxylic acids is 1. The van der Waals surface area contributed by atoms with Crippen LogP contribution in [0.4, 0.5) is 0 Å². The maximum absolute atomic E-state index is 12.4. The van der Waals surface area contributed by atoms with Crippen LogP contribution in [0.3, 0.4) is 0 Å². The predicted molar refractivity (Wildman–Crippen MR) is 101 cm³/mol. The monoisotopic (exact) mass is 393 g/mol. The van der Waals surface area contributed by atoms with Gasteiger partial charge in [-0.25, -0.2) is 4.79 Å². The van der Waals surface area contributed by atoms with Crippen LogP contribution in [0.25, 0.3) is 0 Å². The van der Waals surface area contributed by atoms with Crippen molar-refractivity contribution in [3.05, 3.63) is 10.6 Å². The van der Waals surface area contributed by atoms with Gasteiger partial charge in [-0.05, 0) is 38.9 Å². The van der Waals surface area contributed by atoms with Gasteiger partial charge in [0.1, 0.15) is 5.70 Å². The lowest BCUT2D eigenvalue weighted by molar-refractivity contribution is -0.158. The number of β-lactam (4-membered cyclic amide) rings is 1. The molecule has 5 rings (SSSR count). The summed E-state index contributed by atoms with van der Waals surface area (Å²) in [5, 5.41) is 10.1. The molecule has 148 valence electrons. The van der Waals surface area contributed by atoms with E-state index in [9.17, 15) is 14.7 Å². The van der Waals surface area contributed by atoms with Gasteiger partial charge in [0.05, 0.1) is 12.6 Å². The van der Waals surface area contributed by atoms with Crippen LogP contribution in [0.5, 0.6) is 0 Å². The van der Waals surface area contributed by atoms with Crippen LogP contribution in [-0.4, -0.2) is 95.0 Å². The zero-order valence-electron chi connectivity index (χ0n) is 15.9. The van der Waals surface area contributed by atoms with Crippen molar-refractivity contribution in [2.24, 2.45) is 11.8 Å². The molecule has 3 unspecified atom stereocenters. The Kier molecular flexibility index (Phi) is 4.13. The van der Waals surface area contributed by atoms with E-state index in [1.54, 1.807) is 11.8 Å². The summed E-state index contributed by atoms with van der Waals surface area (Å²) < 4.78 is 5.43. The standard InChI is InChI=1S/C19H27N3O4S/c1-11-15(14(17(23)24)22-16(11)19(10-26-19)18(22)25)27-13-8-21(9-13)7-12-3-5-20(2)6-4-12/h11-13,16H,3-10H2,1-2H3,(H,23,24). The average molecular weight is 394 g/mol. The van der Waals surface area contributed by atoms with E-state index >= 15 is 0 Å². The second-order valence-electron chi connectivity index (χ2n) is 8.81. The van der Waals surface area contributed by atoms with Crippen LogP contribution >= 0.6 is 11.8 Å². The van der Waals surface area contributed by atoms with Gasteiger partial charge in [0.25, 0.3) is 5.91 Å². The summed E-state index contributed by atoms with van der Waals surface area (Å²) in [7, 11) is 2.19. The lowest BCUT2D eigenvalue weighted by atomic mass is 9.82. The molecule has 27 heavy (non-hydrogen) atoms. The van der Waals surface area contributed by atoms with Gasteiger partial charge in [-0.1, -0.05) is 6.92 Å². The molecule has 0 aromatic heterocycles. The van der Waals surface area contributed by atoms with Crippen molar-refractivity contribution in [1.29, 1.82) is 0 Å². The number of epoxide rings is 1. The third-order valence-corrected chi connectivity index (χ3v) is 8.38. The van der Waals surface area contributed by atoms with E-state index in [1.165, 1.54) is 30.8 Å². The second-order valence-corrected chi connectivity index (χ2v) is 10.2. The van der Waals surface area contributed by atoms with E-state index in [-0.39, 0.29) is 23.6 Å². The predicted octanol–water partition coefficient (Wildman–Crippen LogP) is 0.671. The molecule has 3 atom stereocenters. The summed E-state index contributed by atoms with van der Waals surface area (Å²) in [6.07, 6.45) is 2.55. The molecule has 0 bridgehead atoms. The Bertz CT molecular complexity index is 708. The van der Waals surface area contributed by atoms with Crippen LogP contribution in [0.15, 0.2) is 10.6 Å². The first-order chi connectivity index (χ1) is 12.9. The van der Waals surface area contributed by atoms with Crippen molar-refractivity contribution >= 4 is 23.6 Å². The Labute approximate surface area is 163 Å². The van der Waals surface area contributed by atoms with Crippen LogP contribution in [0, 0.1) is 11.8 Å². The first kappa shape index (κ1) is 18.0. The molecule has 4 saturated heterocycles. The number of likely N-dealkylation sites (tertiary alicyclic amines) is 2. The molecule has 0 radical (unpaired) electrons. The minimum absolute atomic E-state index is 0.0456. The molecule has 1 spiro atoms. The van der Waals surface area contributed by atoms with E-state index < -0.39 is 11.6 Å². The molecule has 5 aliphatic rings. The number of carbonyl (C=O) groups is 2. The van der Waals surface area contributed by atoms with Crippen LogP contribution in [-0.2, 0) is 14.3 Å². The number of fused-ring (bicyclic) bond motifs is 2. The number of amides is 1. The van der Waals surface area contributed by atoms with Gasteiger partial charge in [0, 0.05) is 35.7 Å². The van der Waals surface area contributed by atoms with Gasteiger partial charge in [-0.3, -0.25) is 9.69 Å². The van der Waals surface area contributed by atoms with Crippen molar-refractivity contribution in [3.63, 3.8) is 0 Å². The highest BCUT2D eigenvalue weighted by Crippen LogP contribution is 2.58. The van der Waals surface area contributed by atoms with Crippen LogP contribution < -0.4 is 0 Å². The van der Waals surface area contributed by atoms with Gasteiger partial charge in [-0.2, -0.15) is 0 Å². The number of carboxylic acid groups (broad SMARTS) is 1. The first-order valence-electron chi connectivity index (χ1n) is 9.93. The molecule has 0 saturated carbocycles. The SMILES string of the molecule is CC1C(SC2CN(CC3CCN(C)CC3)C2)=C(C(=O)O)N2C(=O)C3(CO3)C12. The van der Waals surface area contributed by atoms with Crippen molar-refractivity contribution in [2.75, 3.05) is 46.4 Å². The highest BCUT2D eigenvalue weighted by atomic mass is 32.2. The van der Waals surface area contributed by atoms with Gasteiger partial charge in [-0.15, -0.1) is 11.8 Å². The minimum Gasteiger partial charge on any atom is -0.477 e. The molecule has 5 aliphatic heterocycles. The fraction of sp³-hybridized carbons (Fsp3) is 0.789. The molecule has 0 aliphatic carbocycles. The fourth-order valence-corrected chi connectivity index (χ4v) is 6.79. The van der Waals surface area contributed by atoms with E-state index in [1.807, 2.05) is 6.92 Å². The molecule has 4 fully saturated rings. The summed E-state index contributed by atoms with van der Waals surface area (Å²) >= 11 is 1.68. The van der Waals surface area contributed by atoms with Gasteiger partial charge in [0.15, 0.2) is 5.60 Å². The quantitative estimate of drug-likeness (QED) is 0.543. The number of carboxylic acids is 1. The highest BCUT2D eigenvalue weighted by molar-refractivity contribution is 8.03. The number of hydrogen-bond donors (Lipinski definition) is 1. The number of piperidine rings is 1. The summed E-state index contributed by atoms with van der Waals surface area (Å²) in [5.41, 5.74) is -0.500. The highest BCUT2D eigenvalue weighted by Gasteiger charge is 2.76. The first-order valence-corrected chi connectivity index (χ1v) is 10.8.